The largest absolute Gasteiger partial charge is 0.375 e. The molecular formula is C11H12N4OS. The molecule has 2 heterocycles. The van der Waals surface area contributed by atoms with E-state index in [1.54, 1.807) is 11.6 Å². The Morgan fingerprint density at radius 2 is 2.41 bits per heavy atom. The minimum atomic E-state index is -0.145. The number of carbonyl (C=O) groups is 1. The van der Waals surface area contributed by atoms with Crippen LogP contribution in [0.25, 0.3) is 0 Å². The number of hydrogen-bond donors (Lipinski definition) is 2. The summed E-state index contributed by atoms with van der Waals surface area (Å²) in [5.74, 6) is 0.409. The van der Waals surface area contributed by atoms with E-state index in [1.165, 1.54) is 11.3 Å². The number of carbonyl (C=O) groups excluding carboxylic acids is 1. The highest BCUT2D eigenvalue weighted by molar-refractivity contribution is 7.13. The van der Waals surface area contributed by atoms with Gasteiger partial charge in [-0.05, 0) is 24.6 Å². The summed E-state index contributed by atoms with van der Waals surface area (Å²) in [6, 6.07) is 3.68. The number of nitrogen functional groups attached to an aromatic ring is 1. The Labute approximate surface area is 103 Å². The lowest BCUT2D eigenvalue weighted by molar-refractivity contribution is -0.115. The van der Waals surface area contributed by atoms with Crippen LogP contribution < -0.4 is 11.1 Å². The van der Waals surface area contributed by atoms with Gasteiger partial charge in [0.2, 0.25) is 5.91 Å². The minimum absolute atomic E-state index is 0.145. The first-order valence-corrected chi connectivity index (χ1v) is 5.94. The predicted octanol–water partition coefficient (Wildman–Crippen LogP) is 1.61. The topological polar surface area (TPSA) is 80.9 Å². The van der Waals surface area contributed by atoms with Crippen LogP contribution in [0.2, 0.25) is 0 Å². The Morgan fingerprint density at radius 3 is 3.06 bits per heavy atom. The van der Waals surface area contributed by atoms with E-state index in [1.807, 2.05) is 19.1 Å². The van der Waals surface area contributed by atoms with Crippen LogP contribution in [-0.2, 0) is 11.2 Å². The third-order valence-corrected chi connectivity index (χ3v) is 2.82. The van der Waals surface area contributed by atoms with E-state index in [0.29, 0.717) is 16.6 Å². The summed E-state index contributed by atoms with van der Waals surface area (Å²) in [4.78, 5) is 19.8. The zero-order chi connectivity index (χ0) is 12.3. The Hall–Kier alpha value is -1.95. The molecule has 0 radical (unpaired) electrons. The van der Waals surface area contributed by atoms with E-state index in [4.69, 9.17) is 5.73 Å². The fourth-order valence-corrected chi connectivity index (χ4v) is 1.92. The first kappa shape index (κ1) is 11.5. The van der Waals surface area contributed by atoms with E-state index in [2.05, 4.69) is 15.3 Å². The van der Waals surface area contributed by atoms with Gasteiger partial charge in [-0.2, -0.15) is 0 Å². The van der Waals surface area contributed by atoms with Gasteiger partial charge in [0.05, 0.1) is 12.1 Å². The molecule has 2 aromatic rings. The number of rotatable bonds is 3. The third-order valence-electron chi connectivity index (χ3n) is 2.09. The number of nitrogens with zero attached hydrogens (tertiary/aromatic N) is 2. The monoisotopic (exact) mass is 248 g/mol. The van der Waals surface area contributed by atoms with Crippen molar-refractivity contribution in [3.8, 4) is 0 Å². The summed E-state index contributed by atoms with van der Waals surface area (Å²) in [6.45, 7) is 1.94. The number of nitrogens with one attached hydrogen (secondary N) is 1. The maximum Gasteiger partial charge on any atom is 0.231 e. The number of pyridine rings is 1. The highest BCUT2D eigenvalue weighted by atomic mass is 32.1. The zero-order valence-corrected chi connectivity index (χ0v) is 10.1. The van der Waals surface area contributed by atoms with Gasteiger partial charge in [0.25, 0.3) is 0 Å². The van der Waals surface area contributed by atoms with Crippen molar-refractivity contribution < 1.29 is 4.79 Å². The highest BCUT2D eigenvalue weighted by Crippen LogP contribution is 2.12. The minimum Gasteiger partial charge on any atom is -0.375 e. The van der Waals surface area contributed by atoms with Crippen LogP contribution in [0.4, 0.5) is 10.9 Å². The molecule has 88 valence electrons. The highest BCUT2D eigenvalue weighted by Gasteiger charge is 2.07. The molecule has 2 aromatic heterocycles. The number of amides is 1. The zero-order valence-electron chi connectivity index (χ0n) is 9.30. The summed E-state index contributed by atoms with van der Waals surface area (Å²) in [5.41, 5.74) is 7.22. The van der Waals surface area contributed by atoms with Gasteiger partial charge < -0.3 is 11.1 Å². The molecule has 0 aliphatic rings. The van der Waals surface area contributed by atoms with Crippen LogP contribution in [-0.4, -0.2) is 15.9 Å². The molecule has 17 heavy (non-hydrogen) atoms. The van der Waals surface area contributed by atoms with Crippen LogP contribution in [0.3, 0.4) is 0 Å². The first-order chi connectivity index (χ1) is 8.13. The smallest absolute Gasteiger partial charge is 0.231 e. The fourth-order valence-electron chi connectivity index (χ4n) is 1.36. The Morgan fingerprint density at radius 1 is 1.59 bits per heavy atom. The molecule has 0 atom stereocenters. The van der Waals surface area contributed by atoms with Gasteiger partial charge in [-0.25, -0.2) is 9.97 Å². The molecule has 0 unspecified atom stereocenters. The molecule has 1 amide bonds. The Kier molecular flexibility index (Phi) is 3.34. The van der Waals surface area contributed by atoms with Gasteiger partial charge in [0.1, 0.15) is 5.82 Å². The van der Waals surface area contributed by atoms with Crippen LogP contribution >= 0.6 is 11.3 Å². The average molecular weight is 248 g/mol. The molecule has 0 aromatic carbocycles. The van der Waals surface area contributed by atoms with Gasteiger partial charge in [-0.3, -0.25) is 4.79 Å². The van der Waals surface area contributed by atoms with Gasteiger partial charge in [-0.15, -0.1) is 11.3 Å². The number of thiazole rings is 1. The normalized spacial score (nSPS) is 10.2. The lowest BCUT2D eigenvalue weighted by atomic mass is 10.3. The molecule has 0 fully saturated rings. The molecule has 0 aliphatic carbocycles. The van der Waals surface area contributed by atoms with Gasteiger partial charge in [0.15, 0.2) is 5.13 Å². The van der Waals surface area contributed by atoms with E-state index in [-0.39, 0.29) is 12.3 Å². The van der Waals surface area contributed by atoms with Gasteiger partial charge >= 0.3 is 0 Å². The van der Waals surface area contributed by atoms with Crippen LogP contribution in [0, 0.1) is 6.92 Å². The average Bonchev–Trinajstić information content (AvgIpc) is 2.63. The summed E-state index contributed by atoms with van der Waals surface area (Å²) < 4.78 is 0. The third kappa shape index (κ3) is 3.25. The maximum absolute atomic E-state index is 11.7. The second-order valence-corrected chi connectivity index (χ2v) is 4.51. The Balaban J connectivity index is 1.98. The summed E-state index contributed by atoms with van der Waals surface area (Å²) in [7, 11) is 0. The lowest BCUT2D eigenvalue weighted by Crippen LogP contribution is -2.15. The van der Waals surface area contributed by atoms with Gasteiger partial charge in [0, 0.05) is 11.6 Å². The lowest BCUT2D eigenvalue weighted by Gasteiger charge is -2.03. The second kappa shape index (κ2) is 4.92. The fraction of sp³-hybridized carbons (Fsp3) is 0.182. The van der Waals surface area contributed by atoms with Gasteiger partial charge in [-0.1, -0.05) is 0 Å². The van der Waals surface area contributed by atoms with Crippen molar-refractivity contribution in [1.82, 2.24) is 9.97 Å². The van der Waals surface area contributed by atoms with Crippen LogP contribution in [0.1, 0.15) is 11.3 Å². The number of aromatic nitrogens is 2. The molecule has 0 bridgehead atoms. The summed E-state index contributed by atoms with van der Waals surface area (Å²) in [5, 5.41) is 4.96. The Bertz CT molecular complexity index is 538. The molecule has 2 rings (SSSR count). The second-order valence-electron chi connectivity index (χ2n) is 3.62. The van der Waals surface area contributed by atoms with Crippen molar-refractivity contribution in [3.05, 3.63) is 35.0 Å². The standard InChI is InChI=1S/C11H12N4OS/c1-7-2-3-13-9(4-7)15-10(16)5-8-6-17-11(12)14-8/h2-4,6H,5H2,1H3,(H2,12,14)(H,13,15,16). The number of aryl methyl sites for hydroxylation is 1. The molecule has 3 N–H and O–H groups in total. The molecular weight excluding hydrogens is 236 g/mol. The van der Waals surface area contributed by atoms with E-state index in [9.17, 15) is 4.79 Å². The first-order valence-electron chi connectivity index (χ1n) is 5.06. The van der Waals surface area contributed by atoms with Crippen LogP contribution in [0.15, 0.2) is 23.7 Å². The van der Waals surface area contributed by atoms with E-state index >= 15 is 0 Å². The van der Waals surface area contributed by atoms with Crippen molar-refractivity contribution in [3.63, 3.8) is 0 Å². The van der Waals surface area contributed by atoms with Crippen molar-refractivity contribution in [2.75, 3.05) is 11.1 Å². The van der Waals surface area contributed by atoms with E-state index in [0.717, 1.165) is 5.56 Å². The van der Waals surface area contributed by atoms with Crippen molar-refractivity contribution in [2.45, 2.75) is 13.3 Å². The SMILES string of the molecule is Cc1ccnc(NC(=O)Cc2csc(N)n2)c1. The quantitative estimate of drug-likeness (QED) is 0.864. The van der Waals surface area contributed by atoms with Crippen molar-refractivity contribution in [1.29, 1.82) is 0 Å². The predicted molar refractivity (Wildman–Crippen MR) is 67.8 cm³/mol. The van der Waals surface area contributed by atoms with E-state index < -0.39 is 0 Å². The molecule has 0 aliphatic heterocycles. The maximum atomic E-state index is 11.7. The summed E-state index contributed by atoms with van der Waals surface area (Å²) >= 11 is 1.33. The molecule has 0 spiro atoms. The summed E-state index contributed by atoms with van der Waals surface area (Å²) in [6.07, 6.45) is 1.87. The van der Waals surface area contributed by atoms with Crippen LogP contribution in [0.5, 0.6) is 0 Å². The number of hydrogen-bond acceptors (Lipinski definition) is 5. The molecule has 0 saturated carbocycles. The molecule has 0 saturated heterocycles. The molecule has 6 heteroatoms. The molecule has 5 nitrogen and oxygen atoms in total. The number of anilines is 2. The van der Waals surface area contributed by atoms with Crippen molar-refractivity contribution >= 4 is 28.2 Å². The van der Waals surface area contributed by atoms with Crippen molar-refractivity contribution in [2.24, 2.45) is 0 Å². The number of nitrogens with two attached hydrogens (primary N) is 1.